The van der Waals surface area contributed by atoms with Gasteiger partial charge in [-0.05, 0) is 70.7 Å². The third kappa shape index (κ3) is 2.92. The summed E-state index contributed by atoms with van der Waals surface area (Å²) in [6.45, 7) is 0.780. The van der Waals surface area contributed by atoms with Crippen LogP contribution in [0, 0.1) is 0 Å². The van der Waals surface area contributed by atoms with Gasteiger partial charge < -0.3 is 9.47 Å². The number of ether oxygens (including phenoxy) is 2. The van der Waals surface area contributed by atoms with Gasteiger partial charge in [-0.1, -0.05) is 54.6 Å². The highest BCUT2D eigenvalue weighted by atomic mass is 32.2. The maximum atomic E-state index is 14.0. The van der Waals surface area contributed by atoms with Crippen molar-refractivity contribution in [1.29, 1.82) is 0 Å². The van der Waals surface area contributed by atoms with Gasteiger partial charge in [0, 0.05) is 11.9 Å². The first-order valence-corrected chi connectivity index (χ1v) is 13.1. The summed E-state index contributed by atoms with van der Waals surface area (Å²) in [7, 11) is -3.65. The van der Waals surface area contributed by atoms with Gasteiger partial charge in [0.2, 0.25) is 16.8 Å². The molecule has 2 bridgehead atoms. The predicted molar refractivity (Wildman–Crippen MR) is 131 cm³/mol. The highest BCUT2D eigenvalue weighted by molar-refractivity contribution is 7.89. The second-order valence-corrected chi connectivity index (χ2v) is 11.1. The predicted octanol–water partition coefficient (Wildman–Crippen LogP) is 5.86. The van der Waals surface area contributed by atoms with Crippen molar-refractivity contribution in [2.45, 2.75) is 29.7 Å². The maximum absolute atomic E-state index is 14.0. The molecule has 170 valence electrons. The Morgan fingerprint density at radius 1 is 0.794 bits per heavy atom. The molecule has 0 aromatic heterocycles. The second kappa shape index (κ2) is 7.32. The fourth-order valence-electron chi connectivity index (χ4n) is 5.83. The van der Waals surface area contributed by atoms with E-state index in [4.69, 9.17) is 9.47 Å². The minimum absolute atomic E-state index is 0.147. The average Bonchev–Trinajstić information content (AvgIpc) is 3.45. The summed E-state index contributed by atoms with van der Waals surface area (Å²) in [5.41, 5.74) is 4.51. The summed E-state index contributed by atoms with van der Waals surface area (Å²) in [6, 6.07) is 25.5. The van der Waals surface area contributed by atoms with Gasteiger partial charge in [-0.3, -0.25) is 0 Å². The van der Waals surface area contributed by atoms with Crippen LogP contribution in [0.25, 0.3) is 21.9 Å². The summed E-state index contributed by atoms with van der Waals surface area (Å²) >= 11 is 0. The molecule has 4 aromatic rings. The molecule has 5 nitrogen and oxygen atoms in total. The van der Waals surface area contributed by atoms with E-state index in [1.165, 1.54) is 5.56 Å². The van der Waals surface area contributed by atoms with E-state index in [1.807, 2.05) is 54.6 Å². The van der Waals surface area contributed by atoms with Crippen LogP contribution in [0.3, 0.4) is 0 Å². The quantitative estimate of drug-likeness (QED) is 0.377. The summed E-state index contributed by atoms with van der Waals surface area (Å²) in [5.74, 6) is 1.91. The first kappa shape index (κ1) is 20.1. The number of rotatable bonds is 3. The van der Waals surface area contributed by atoms with Crippen molar-refractivity contribution >= 4 is 20.8 Å². The molecule has 0 saturated carbocycles. The third-order valence-electron chi connectivity index (χ3n) is 7.48. The minimum atomic E-state index is -3.65. The van der Waals surface area contributed by atoms with Gasteiger partial charge in [0.15, 0.2) is 11.5 Å². The van der Waals surface area contributed by atoms with Crippen molar-refractivity contribution in [2.24, 2.45) is 0 Å². The molecule has 34 heavy (non-hydrogen) atoms. The molecule has 7 rings (SSSR count). The molecule has 6 heteroatoms. The molecule has 0 amide bonds. The summed E-state index contributed by atoms with van der Waals surface area (Å²) in [5, 5.41) is 1.72. The van der Waals surface area contributed by atoms with Crippen LogP contribution >= 0.6 is 0 Å². The Kier molecular flexibility index (Phi) is 4.32. The molecule has 4 aromatic carbocycles. The summed E-state index contributed by atoms with van der Waals surface area (Å²) in [6.07, 6.45) is 1.68. The first-order valence-electron chi connectivity index (χ1n) is 11.6. The highest BCUT2D eigenvalue weighted by Crippen LogP contribution is 2.52. The molecule has 2 aliphatic heterocycles. The van der Waals surface area contributed by atoms with E-state index >= 15 is 0 Å². The summed E-state index contributed by atoms with van der Waals surface area (Å²) < 4.78 is 40.7. The molecule has 0 radical (unpaired) electrons. The van der Waals surface area contributed by atoms with Crippen LogP contribution in [0.15, 0.2) is 83.8 Å². The Labute approximate surface area is 198 Å². The van der Waals surface area contributed by atoms with Crippen molar-refractivity contribution in [1.82, 2.24) is 4.31 Å². The molecule has 1 fully saturated rings. The van der Waals surface area contributed by atoms with E-state index < -0.39 is 10.0 Å². The number of hydrogen-bond acceptors (Lipinski definition) is 4. The van der Waals surface area contributed by atoms with Crippen LogP contribution < -0.4 is 9.47 Å². The third-order valence-corrected chi connectivity index (χ3v) is 9.45. The van der Waals surface area contributed by atoms with Gasteiger partial charge >= 0.3 is 0 Å². The van der Waals surface area contributed by atoms with Gasteiger partial charge in [0.25, 0.3) is 0 Å². The van der Waals surface area contributed by atoms with Crippen LogP contribution in [-0.4, -0.2) is 26.1 Å². The van der Waals surface area contributed by atoms with Crippen LogP contribution in [0.2, 0.25) is 0 Å². The van der Waals surface area contributed by atoms with Crippen LogP contribution in [-0.2, 0) is 10.0 Å². The Bertz CT molecular complexity index is 1560. The van der Waals surface area contributed by atoms with Gasteiger partial charge in [-0.15, -0.1) is 0 Å². The van der Waals surface area contributed by atoms with Gasteiger partial charge in [0.1, 0.15) is 0 Å². The second-order valence-electron chi connectivity index (χ2n) is 9.24. The monoisotopic (exact) mass is 469 g/mol. The van der Waals surface area contributed by atoms with E-state index in [0.717, 1.165) is 51.8 Å². The zero-order chi connectivity index (χ0) is 22.9. The lowest BCUT2D eigenvalue weighted by molar-refractivity contribution is 0.174. The van der Waals surface area contributed by atoms with Crippen molar-refractivity contribution in [3.8, 4) is 22.6 Å². The van der Waals surface area contributed by atoms with Crippen LogP contribution in [0.4, 0.5) is 0 Å². The van der Waals surface area contributed by atoms with Gasteiger partial charge in [-0.25, -0.2) is 8.42 Å². The highest BCUT2D eigenvalue weighted by Gasteiger charge is 2.44. The SMILES string of the molecule is O=S(=O)(c1cccc2ccccc12)N1CCC2CC1c1cc(-c3ccc4c(c3)OCO4)ccc12. The van der Waals surface area contributed by atoms with Gasteiger partial charge in [-0.2, -0.15) is 4.31 Å². The van der Waals surface area contributed by atoms with Crippen molar-refractivity contribution in [2.75, 3.05) is 13.3 Å². The Balaban J connectivity index is 1.31. The lowest BCUT2D eigenvalue weighted by Crippen LogP contribution is -2.37. The topological polar surface area (TPSA) is 55.8 Å². The first-order chi connectivity index (χ1) is 16.6. The number of sulfonamides is 1. The zero-order valence-electron chi connectivity index (χ0n) is 18.5. The molecule has 2 unspecified atom stereocenters. The lowest BCUT2D eigenvalue weighted by atomic mass is 9.95. The summed E-state index contributed by atoms with van der Waals surface area (Å²) in [4.78, 5) is 0.393. The molecule has 1 aliphatic carbocycles. The van der Waals surface area contributed by atoms with Crippen molar-refractivity contribution in [3.05, 3.63) is 90.0 Å². The normalized spacial score (nSPS) is 21.1. The van der Waals surface area contributed by atoms with E-state index in [2.05, 4.69) is 18.2 Å². The Hall–Kier alpha value is -3.35. The lowest BCUT2D eigenvalue weighted by Gasteiger charge is -2.33. The standard InChI is InChI=1S/C28H23NO4S/c30-34(31,28-7-3-5-18-4-1-2-6-23(18)28)29-13-12-21-15-25(29)24-14-19(8-10-22(21)24)20-9-11-26-27(16-20)33-17-32-26/h1-11,14,16,21,25H,12-13,15,17H2. The fraction of sp³-hybridized carbons (Fsp3) is 0.214. The maximum Gasteiger partial charge on any atom is 0.244 e. The van der Waals surface area contributed by atoms with Crippen molar-refractivity contribution in [3.63, 3.8) is 0 Å². The molecule has 3 aliphatic rings. The fourth-order valence-corrected chi connectivity index (χ4v) is 7.68. The number of nitrogens with zero attached hydrogens (tertiary/aromatic N) is 1. The smallest absolute Gasteiger partial charge is 0.244 e. The van der Waals surface area contributed by atoms with Crippen LogP contribution in [0.5, 0.6) is 11.5 Å². The molecular weight excluding hydrogens is 446 g/mol. The minimum Gasteiger partial charge on any atom is -0.454 e. The molecule has 2 atom stereocenters. The molecule has 0 spiro atoms. The molecular formula is C28H23NO4S. The van der Waals surface area contributed by atoms with E-state index in [9.17, 15) is 8.42 Å². The van der Waals surface area contributed by atoms with Gasteiger partial charge in [0.05, 0.1) is 10.9 Å². The van der Waals surface area contributed by atoms with E-state index in [1.54, 1.807) is 10.4 Å². The van der Waals surface area contributed by atoms with E-state index in [-0.39, 0.29) is 12.8 Å². The van der Waals surface area contributed by atoms with Crippen LogP contribution in [0.1, 0.15) is 35.9 Å². The van der Waals surface area contributed by atoms with E-state index in [0.29, 0.717) is 17.4 Å². The molecule has 1 saturated heterocycles. The number of fused-ring (bicyclic) bond motifs is 7. The average molecular weight is 470 g/mol. The Morgan fingerprint density at radius 2 is 1.59 bits per heavy atom. The van der Waals surface area contributed by atoms with Crippen molar-refractivity contribution < 1.29 is 17.9 Å². The molecule has 2 heterocycles. The largest absolute Gasteiger partial charge is 0.454 e. The molecule has 0 N–H and O–H groups in total. The number of benzene rings is 4. The number of hydrogen-bond donors (Lipinski definition) is 0. The number of piperidine rings is 1. The zero-order valence-corrected chi connectivity index (χ0v) is 19.3. The Morgan fingerprint density at radius 3 is 2.53 bits per heavy atom.